The fraction of sp³-hybridized carbons (Fsp3) is 0.667. The number of thioether (sulfide) groups is 1. The Balaban J connectivity index is 1.94. The van der Waals surface area contributed by atoms with Crippen molar-refractivity contribution >= 4 is 35.0 Å². The molecule has 0 N–H and O–H groups in total. The quantitative estimate of drug-likeness (QED) is 0.633. The zero-order valence-electron chi connectivity index (χ0n) is 11.5. The van der Waals surface area contributed by atoms with Gasteiger partial charge in [-0.05, 0) is 31.4 Å². The van der Waals surface area contributed by atoms with Gasteiger partial charge in [0.1, 0.15) is 0 Å². The van der Waals surface area contributed by atoms with Gasteiger partial charge in [0.15, 0.2) is 4.33 Å². The average molecular weight is 352 g/mol. The van der Waals surface area contributed by atoms with Gasteiger partial charge in [-0.25, -0.2) is 13.8 Å². The van der Waals surface area contributed by atoms with Gasteiger partial charge in [0.25, 0.3) is 5.92 Å². The summed E-state index contributed by atoms with van der Waals surface area (Å²) in [7, 11) is 0. The molecule has 2 atom stereocenters. The van der Waals surface area contributed by atoms with Crippen LogP contribution in [0.15, 0.2) is 29.4 Å². The first-order chi connectivity index (χ1) is 9.87. The van der Waals surface area contributed by atoms with E-state index in [2.05, 4.69) is 4.98 Å². The molecule has 1 aromatic heterocycles. The van der Waals surface area contributed by atoms with Gasteiger partial charge in [-0.3, -0.25) is 0 Å². The van der Waals surface area contributed by atoms with Gasteiger partial charge in [0.05, 0.1) is 5.03 Å². The molecule has 0 spiro atoms. The predicted octanol–water partition coefficient (Wildman–Crippen LogP) is 5.71. The summed E-state index contributed by atoms with van der Waals surface area (Å²) in [5, 5.41) is 0.860. The van der Waals surface area contributed by atoms with Crippen LogP contribution in [0.4, 0.5) is 8.78 Å². The summed E-state index contributed by atoms with van der Waals surface area (Å²) in [6, 6.07) is 5.68. The van der Waals surface area contributed by atoms with E-state index in [1.54, 1.807) is 18.0 Å². The van der Waals surface area contributed by atoms with E-state index < -0.39 is 16.2 Å². The molecule has 116 valence electrons. The first-order valence-electron chi connectivity index (χ1n) is 7.23. The number of pyridine rings is 1. The molecule has 2 aliphatic carbocycles. The zero-order chi connectivity index (χ0) is 15.1. The summed E-state index contributed by atoms with van der Waals surface area (Å²) in [6.45, 7) is 0. The smallest absolute Gasteiger partial charge is 0.250 e. The van der Waals surface area contributed by atoms with Gasteiger partial charge in [0.2, 0.25) is 0 Å². The molecule has 2 fully saturated rings. The molecule has 2 aliphatic rings. The maximum atomic E-state index is 14.2. The highest BCUT2D eigenvalue weighted by Crippen LogP contribution is 2.64. The van der Waals surface area contributed by atoms with Crippen LogP contribution in [-0.2, 0) is 0 Å². The number of hydrogen-bond donors (Lipinski definition) is 0. The zero-order valence-corrected chi connectivity index (χ0v) is 13.8. The van der Waals surface area contributed by atoms with Crippen LogP contribution >= 0.6 is 35.0 Å². The Bertz CT molecular complexity index is 512. The lowest BCUT2D eigenvalue weighted by molar-refractivity contribution is -0.0799. The molecular weight excluding hydrogens is 335 g/mol. The van der Waals surface area contributed by atoms with E-state index in [4.69, 9.17) is 23.2 Å². The van der Waals surface area contributed by atoms with Crippen molar-refractivity contribution in [3.8, 4) is 0 Å². The molecule has 0 bridgehead atoms. The van der Waals surface area contributed by atoms with Gasteiger partial charge in [-0.1, -0.05) is 53.9 Å². The van der Waals surface area contributed by atoms with Gasteiger partial charge in [-0.2, -0.15) is 0 Å². The number of fused-ring (bicyclic) bond motifs is 1. The number of aromatic nitrogens is 1. The van der Waals surface area contributed by atoms with Crippen LogP contribution in [-0.4, -0.2) is 20.0 Å². The molecule has 0 unspecified atom stereocenters. The Morgan fingerprint density at radius 2 is 1.95 bits per heavy atom. The molecule has 0 aliphatic heterocycles. The number of alkyl halides is 4. The van der Waals surface area contributed by atoms with E-state index in [1.165, 1.54) is 0 Å². The summed E-state index contributed by atoms with van der Waals surface area (Å²) in [5.74, 6) is -3.43. The van der Waals surface area contributed by atoms with Crippen molar-refractivity contribution in [1.82, 2.24) is 4.98 Å². The summed E-state index contributed by atoms with van der Waals surface area (Å²) < 4.78 is 26.0. The van der Waals surface area contributed by atoms with Crippen molar-refractivity contribution in [3.05, 3.63) is 24.4 Å². The summed E-state index contributed by atoms with van der Waals surface area (Å²) in [5.41, 5.74) is 0. The van der Waals surface area contributed by atoms with Gasteiger partial charge >= 0.3 is 0 Å². The van der Waals surface area contributed by atoms with Gasteiger partial charge in [-0.15, -0.1) is 0 Å². The predicted molar refractivity (Wildman–Crippen MR) is 83.4 cm³/mol. The van der Waals surface area contributed by atoms with Crippen molar-refractivity contribution in [2.24, 2.45) is 5.92 Å². The molecule has 0 amide bonds. The second-order valence-corrected chi connectivity index (χ2v) is 8.78. The molecule has 1 aromatic rings. The fourth-order valence-electron chi connectivity index (χ4n) is 3.60. The first-order valence-corrected chi connectivity index (χ1v) is 8.80. The number of hydrogen-bond acceptors (Lipinski definition) is 2. The Hall–Kier alpha value is -0.0600. The van der Waals surface area contributed by atoms with E-state index in [-0.39, 0.29) is 11.2 Å². The molecule has 0 saturated heterocycles. The standard InChI is InChI=1S/C15H17Cl2F2NS/c16-15(17)11-5-1-3-7-13(11,8-9-14(15,18)19)21-12-6-2-4-10-20-12/h2,4,6,10-11H,1,3,5,7-9H2/t11-,13-/m1/s1. The van der Waals surface area contributed by atoms with Crippen LogP contribution in [0.2, 0.25) is 0 Å². The maximum Gasteiger partial charge on any atom is 0.280 e. The third kappa shape index (κ3) is 2.68. The topological polar surface area (TPSA) is 12.9 Å². The number of rotatable bonds is 2. The second kappa shape index (κ2) is 5.54. The van der Waals surface area contributed by atoms with Crippen molar-refractivity contribution in [3.63, 3.8) is 0 Å². The molecule has 0 aromatic carbocycles. The lowest BCUT2D eigenvalue weighted by atomic mass is 9.68. The Morgan fingerprint density at radius 1 is 1.14 bits per heavy atom. The fourth-order valence-corrected chi connectivity index (χ4v) is 6.12. The summed E-state index contributed by atoms with van der Waals surface area (Å²) >= 11 is 13.9. The lowest BCUT2D eigenvalue weighted by Crippen LogP contribution is -2.59. The molecule has 6 heteroatoms. The molecule has 1 nitrogen and oxygen atoms in total. The molecule has 3 rings (SSSR count). The van der Waals surface area contributed by atoms with Crippen LogP contribution in [0.25, 0.3) is 0 Å². The van der Waals surface area contributed by atoms with Crippen LogP contribution in [0, 0.1) is 5.92 Å². The van der Waals surface area contributed by atoms with E-state index in [9.17, 15) is 8.78 Å². The van der Waals surface area contributed by atoms with Gasteiger partial charge < -0.3 is 0 Å². The molecule has 0 radical (unpaired) electrons. The molecule has 2 saturated carbocycles. The van der Waals surface area contributed by atoms with E-state index in [1.807, 2.05) is 18.2 Å². The lowest BCUT2D eigenvalue weighted by Gasteiger charge is -2.54. The van der Waals surface area contributed by atoms with Crippen LogP contribution in [0.5, 0.6) is 0 Å². The Kier molecular flexibility index (Phi) is 4.17. The third-order valence-electron chi connectivity index (χ3n) is 4.71. The Morgan fingerprint density at radius 3 is 2.67 bits per heavy atom. The van der Waals surface area contributed by atoms with Crippen LogP contribution < -0.4 is 0 Å². The molecule has 1 heterocycles. The van der Waals surface area contributed by atoms with Crippen molar-refractivity contribution in [1.29, 1.82) is 0 Å². The monoisotopic (exact) mass is 351 g/mol. The minimum absolute atomic E-state index is 0.254. The van der Waals surface area contributed by atoms with E-state index >= 15 is 0 Å². The Labute approximate surface area is 137 Å². The minimum atomic E-state index is -3.02. The molecule has 21 heavy (non-hydrogen) atoms. The third-order valence-corrected chi connectivity index (χ3v) is 7.34. The highest BCUT2D eigenvalue weighted by molar-refractivity contribution is 8.00. The SMILES string of the molecule is FC1(F)CC[C@]2(Sc3ccccn3)CCCC[C@H]2C1(Cl)Cl. The summed E-state index contributed by atoms with van der Waals surface area (Å²) in [6.07, 6.45) is 5.38. The number of nitrogens with zero attached hydrogens (tertiary/aromatic N) is 1. The second-order valence-electron chi connectivity index (χ2n) is 5.96. The normalized spacial score (nSPS) is 34.2. The van der Waals surface area contributed by atoms with Crippen LogP contribution in [0.1, 0.15) is 38.5 Å². The highest BCUT2D eigenvalue weighted by Gasteiger charge is 2.66. The van der Waals surface area contributed by atoms with E-state index in [0.29, 0.717) is 12.8 Å². The maximum absolute atomic E-state index is 14.2. The molecular formula is C15H17Cl2F2NS. The van der Waals surface area contributed by atoms with Crippen LogP contribution in [0.3, 0.4) is 0 Å². The van der Waals surface area contributed by atoms with Crippen molar-refractivity contribution in [2.45, 2.75) is 58.6 Å². The van der Waals surface area contributed by atoms with E-state index in [0.717, 1.165) is 24.3 Å². The largest absolute Gasteiger partial charge is 0.280 e. The summed E-state index contributed by atoms with van der Waals surface area (Å²) in [4.78, 5) is 4.33. The first kappa shape index (κ1) is 15.8. The number of halogens is 4. The minimum Gasteiger partial charge on any atom is -0.250 e. The van der Waals surface area contributed by atoms with Gasteiger partial charge in [0, 0.05) is 23.3 Å². The average Bonchev–Trinajstić information content (AvgIpc) is 2.45. The van der Waals surface area contributed by atoms with Crippen molar-refractivity contribution < 1.29 is 8.78 Å². The van der Waals surface area contributed by atoms with Crippen molar-refractivity contribution in [2.75, 3.05) is 0 Å². The highest BCUT2D eigenvalue weighted by atomic mass is 35.5.